The second-order valence-corrected chi connectivity index (χ2v) is 6.39. The predicted octanol–water partition coefficient (Wildman–Crippen LogP) is 4.02. The number of nitrogens with zero attached hydrogens (tertiary/aromatic N) is 2. The summed E-state index contributed by atoms with van der Waals surface area (Å²) in [6.45, 7) is 1.16. The predicted molar refractivity (Wildman–Crippen MR) is 76.5 cm³/mol. The zero-order valence-electron chi connectivity index (χ0n) is 11.6. The molecule has 3 aliphatic rings. The molecule has 0 aromatic rings. The summed E-state index contributed by atoms with van der Waals surface area (Å²) in [7, 11) is 0. The van der Waals surface area contributed by atoms with Crippen molar-refractivity contribution in [3.8, 4) is 0 Å². The van der Waals surface area contributed by atoms with Crippen molar-refractivity contribution in [2.45, 2.75) is 76.3 Å². The van der Waals surface area contributed by atoms with E-state index < -0.39 is 0 Å². The minimum Gasteiger partial charge on any atom is -0.287 e. The average Bonchev–Trinajstić information content (AvgIpc) is 2.50. The Bertz CT molecular complexity index is 302. The van der Waals surface area contributed by atoms with Crippen LogP contribution in [0.1, 0.15) is 64.2 Å². The maximum absolute atomic E-state index is 4.34. The Hall–Kier alpha value is -0.630. The molecule has 0 N–H and O–H groups in total. The first-order chi connectivity index (χ1) is 8.92. The lowest BCUT2D eigenvalue weighted by Gasteiger charge is -2.49. The largest absolute Gasteiger partial charge is 0.287 e. The smallest absolute Gasteiger partial charge is 0.119 e. The van der Waals surface area contributed by atoms with Gasteiger partial charge in [0, 0.05) is 0 Å². The van der Waals surface area contributed by atoms with Crippen molar-refractivity contribution in [2.24, 2.45) is 4.99 Å². The van der Waals surface area contributed by atoms with E-state index in [4.69, 9.17) is 0 Å². The highest BCUT2D eigenvalue weighted by atomic mass is 15.4. The van der Waals surface area contributed by atoms with Gasteiger partial charge >= 0.3 is 0 Å². The molecule has 2 nitrogen and oxygen atoms in total. The topological polar surface area (TPSA) is 12.4 Å². The van der Waals surface area contributed by atoms with Gasteiger partial charge in [0.25, 0.3) is 0 Å². The molecule has 100 valence electrons. The first-order valence-corrected chi connectivity index (χ1v) is 7.98. The van der Waals surface area contributed by atoms with Crippen LogP contribution in [-0.4, -0.2) is 29.3 Å². The van der Waals surface area contributed by atoms with Gasteiger partial charge in [-0.15, -0.1) is 0 Å². The van der Waals surface area contributed by atoms with Crippen LogP contribution in [-0.2, 0) is 0 Å². The van der Waals surface area contributed by atoms with Gasteiger partial charge in [-0.2, -0.15) is 0 Å². The van der Waals surface area contributed by atoms with Crippen LogP contribution >= 0.6 is 0 Å². The summed E-state index contributed by atoms with van der Waals surface area (Å²) < 4.78 is 1.25. The lowest BCUT2D eigenvalue weighted by Crippen LogP contribution is -2.60. The average molecular weight is 247 g/mol. The highest BCUT2D eigenvalue weighted by Crippen LogP contribution is 2.37. The molecule has 2 fully saturated rings. The number of quaternary nitrogens is 1. The zero-order valence-corrected chi connectivity index (χ0v) is 11.6. The molecule has 0 spiro atoms. The van der Waals surface area contributed by atoms with Gasteiger partial charge in [-0.3, -0.25) is 9.48 Å². The van der Waals surface area contributed by atoms with E-state index in [1.807, 2.05) is 0 Å². The Kier molecular flexibility index (Phi) is 3.83. The molecule has 0 bridgehead atoms. The molecule has 1 heterocycles. The SMILES string of the molecule is C1=C[N+](C2CCCCC2)(C2CCCCC2)CC=N1. The van der Waals surface area contributed by atoms with Crippen LogP contribution in [0.4, 0.5) is 0 Å². The van der Waals surface area contributed by atoms with Crippen LogP contribution in [0.5, 0.6) is 0 Å². The highest BCUT2D eigenvalue weighted by Gasteiger charge is 2.43. The van der Waals surface area contributed by atoms with Gasteiger partial charge in [0.15, 0.2) is 0 Å². The fourth-order valence-corrected chi connectivity index (χ4v) is 4.44. The number of aliphatic imine (C=N–C) groups is 1. The van der Waals surface area contributed by atoms with Crippen molar-refractivity contribution < 1.29 is 4.48 Å². The third-order valence-electron chi connectivity index (χ3n) is 5.44. The molecule has 0 atom stereocenters. The summed E-state index contributed by atoms with van der Waals surface area (Å²) in [6, 6.07) is 1.76. The molecule has 0 unspecified atom stereocenters. The Morgan fingerprint density at radius 2 is 1.33 bits per heavy atom. The Morgan fingerprint density at radius 3 is 1.78 bits per heavy atom. The monoisotopic (exact) mass is 247 g/mol. The van der Waals surface area contributed by atoms with Gasteiger partial charge in [0.2, 0.25) is 0 Å². The second kappa shape index (κ2) is 5.56. The van der Waals surface area contributed by atoms with Gasteiger partial charge < -0.3 is 0 Å². The number of hydrogen-bond acceptors (Lipinski definition) is 1. The van der Waals surface area contributed by atoms with E-state index in [-0.39, 0.29) is 0 Å². The van der Waals surface area contributed by atoms with Crippen LogP contribution in [0.3, 0.4) is 0 Å². The Labute approximate surface area is 111 Å². The first-order valence-electron chi connectivity index (χ1n) is 7.98. The maximum atomic E-state index is 4.34. The fourth-order valence-electron chi connectivity index (χ4n) is 4.44. The van der Waals surface area contributed by atoms with E-state index >= 15 is 0 Å². The molecule has 2 aliphatic carbocycles. The molecule has 0 aromatic carbocycles. The van der Waals surface area contributed by atoms with Gasteiger partial charge in [0.1, 0.15) is 12.7 Å². The third-order valence-corrected chi connectivity index (χ3v) is 5.44. The van der Waals surface area contributed by atoms with Crippen molar-refractivity contribution in [3.05, 3.63) is 12.4 Å². The van der Waals surface area contributed by atoms with Crippen molar-refractivity contribution in [2.75, 3.05) is 6.54 Å². The molecular weight excluding hydrogens is 220 g/mol. The number of rotatable bonds is 2. The maximum Gasteiger partial charge on any atom is 0.119 e. The molecule has 2 saturated carbocycles. The standard InChI is InChI=1S/C16H27N2/c1-3-7-15(8-4-1)18(13-11-17-12-14-18)16-9-5-2-6-10-16/h11-13,15-16H,1-10,14H2/q+1. The summed E-state index contributed by atoms with van der Waals surface area (Å²) in [5, 5.41) is 0. The van der Waals surface area contributed by atoms with Crippen molar-refractivity contribution in [1.29, 1.82) is 0 Å². The lowest BCUT2D eigenvalue weighted by molar-refractivity contribution is -0.922. The summed E-state index contributed by atoms with van der Waals surface area (Å²) >= 11 is 0. The van der Waals surface area contributed by atoms with Crippen LogP contribution in [0.2, 0.25) is 0 Å². The Balaban J connectivity index is 1.82. The molecule has 1 aliphatic heterocycles. The molecular formula is C16H27N2+. The third kappa shape index (κ3) is 2.27. The van der Waals surface area contributed by atoms with E-state index in [1.165, 1.54) is 68.7 Å². The van der Waals surface area contributed by atoms with Crippen LogP contribution in [0.15, 0.2) is 17.4 Å². The van der Waals surface area contributed by atoms with Gasteiger partial charge in [0.05, 0.1) is 24.5 Å². The minimum absolute atomic E-state index is 0.879. The normalized spacial score (nSPS) is 29.6. The Morgan fingerprint density at radius 1 is 0.778 bits per heavy atom. The summed E-state index contributed by atoms with van der Waals surface area (Å²) in [6.07, 6.45) is 21.2. The zero-order chi connectivity index (χ0) is 12.3. The molecule has 0 amide bonds. The van der Waals surface area contributed by atoms with Crippen LogP contribution in [0.25, 0.3) is 0 Å². The molecule has 0 aromatic heterocycles. The summed E-state index contributed by atoms with van der Waals surface area (Å²) in [5.74, 6) is 0. The van der Waals surface area contributed by atoms with E-state index in [1.54, 1.807) is 0 Å². The second-order valence-electron chi connectivity index (χ2n) is 6.39. The van der Waals surface area contributed by atoms with Gasteiger partial charge in [-0.1, -0.05) is 12.8 Å². The van der Waals surface area contributed by atoms with Crippen molar-refractivity contribution in [3.63, 3.8) is 0 Å². The van der Waals surface area contributed by atoms with E-state index in [2.05, 4.69) is 23.6 Å². The molecule has 0 saturated heterocycles. The highest BCUT2D eigenvalue weighted by molar-refractivity contribution is 5.60. The van der Waals surface area contributed by atoms with E-state index in [0.717, 1.165) is 18.6 Å². The summed E-state index contributed by atoms with van der Waals surface area (Å²) in [5.41, 5.74) is 0. The quantitative estimate of drug-likeness (QED) is 0.653. The molecule has 2 heteroatoms. The van der Waals surface area contributed by atoms with Crippen molar-refractivity contribution >= 4 is 6.21 Å². The minimum atomic E-state index is 0.879. The van der Waals surface area contributed by atoms with Crippen LogP contribution in [0, 0.1) is 0 Å². The first kappa shape index (κ1) is 12.4. The van der Waals surface area contributed by atoms with E-state index in [0.29, 0.717) is 0 Å². The van der Waals surface area contributed by atoms with E-state index in [9.17, 15) is 0 Å². The van der Waals surface area contributed by atoms with Crippen molar-refractivity contribution in [1.82, 2.24) is 0 Å². The lowest BCUT2D eigenvalue weighted by atomic mass is 9.86. The summed E-state index contributed by atoms with van der Waals surface area (Å²) in [4.78, 5) is 4.34. The van der Waals surface area contributed by atoms with Gasteiger partial charge in [-0.25, -0.2) is 0 Å². The molecule has 18 heavy (non-hydrogen) atoms. The fraction of sp³-hybridized carbons (Fsp3) is 0.812. The van der Waals surface area contributed by atoms with Crippen LogP contribution < -0.4 is 0 Å². The van der Waals surface area contributed by atoms with Gasteiger partial charge in [-0.05, 0) is 51.4 Å². The molecule has 0 radical (unpaired) electrons. The number of hydrogen-bond donors (Lipinski definition) is 0. The molecule has 3 rings (SSSR count).